The highest BCUT2D eigenvalue weighted by Crippen LogP contribution is 2.21. The first-order valence-corrected chi connectivity index (χ1v) is 5.79. The van der Waals surface area contributed by atoms with Gasteiger partial charge < -0.3 is 0 Å². The standard InChI is InChI=1S/C14H18N2O/c1-10-12(14(2,3)4)13(17)16(15-10)11-8-6-5-7-9-11/h5-9,15H,1-4H3. The van der Waals surface area contributed by atoms with E-state index in [1.165, 1.54) is 0 Å². The number of hydrogen-bond acceptors (Lipinski definition) is 1. The molecule has 0 aliphatic carbocycles. The van der Waals surface area contributed by atoms with E-state index in [0.717, 1.165) is 16.9 Å². The molecule has 0 aliphatic rings. The van der Waals surface area contributed by atoms with Crippen LogP contribution in [0.25, 0.3) is 5.69 Å². The zero-order valence-corrected chi connectivity index (χ0v) is 10.7. The maximum absolute atomic E-state index is 12.4. The van der Waals surface area contributed by atoms with Gasteiger partial charge in [0.25, 0.3) is 5.56 Å². The summed E-state index contributed by atoms with van der Waals surface area (Å²) in [6.45, 7) is 8.11. The molecule has 0 saturated carbocycles. The van der Waals surface area contributed by atoms with Crippen molar-refractivity contribution in [1.29, 1.82) is 0 Å². The number of nitrogens with one attached hydrogen (secondary N) is 1. The van der Waals surface area contributed by atoms with Gasteiger partial charge in [-0.3, -0.25) is 9.89 Å². The number of H-pyrrole nitrogens is 1. The fourth-order valence-corrected chi connectivity index (χ4v) is 2.19. The van der Waals surface area contributed by atoms with Crippen molar-refractivity contribution in [3.8, 4) is 5.69 Å². The summed E-state index contributed by atoms with van der Waals surface area (Å²) in [5.41, 5.74) is 2.56. The molecule has 0 unspecified atom stereocenters. The maximum Gasteiger partial charge on any atom is 0.275 e. The highest BCUT2D eigenvalue weighted by atomic mass is 16.1. The van der Waals surface area contributed by atoms with Crippen LogP contribution in [0.1, 0.15) is 32.0 Å². The average molecular weight is 230 g/mol. The third kappa shape index (κ3) is 2.05. The number of aromatic nitrogens is 2. The van der Waals surface area contributed by atoms with E-state index >= 15 is 0 Å². The topological polar surface area (TPSA) is 37.8 Å². The van der Waals surface area contributed by atoms with E-state index in [1.807, 2.05) is 37.3 Å². The van der Waals surface area contributed by atoms with Crippen molar-refractivity contribution in [2.75, 3.05) is 0 Å². The van der Waals surface area contributed by atoms with Gasteiger partial charge in [-0.05, 0) is 24.5 Å². The Hall–Kier alpha value is -1.77. The van der Waals surface area contributed by atoms with Crippen molar-refractivity contribution < 1.29 is 0 Å². The highest BCUT2D eigenvalue weighted by molar-refractivity contribution is 5.34. The largest absolute Gasteiger partial charge is 0.295 e. The van der Waals surface area contributed by atoms with Crippen LogP contribution >= 0.6 is 0 Å². The molecule has 0 bridgehead atoms. The van der Waals surface area contributed by atoms with Crippen molar-refractivity contribution in [3.63, 3.8) is 0 Å². The SMILES string of the molecule is Cc1[nH]n(-c2ccccc2)c(=O)c1C(C)(C)C. The molecule has 2 aromatic rings. The van der Waals surface area contributed by atoms with Gasteiger partial charge in [0.15, 0.2) is 0 Å². The van der Waals surface area contributed by atoms with E-state index < -0.39 is 0 Å². The summed E-state index contributed by atoms with van der Waals surface area (Å²) in [6, 6.07) is 9.63. The van der Waals surface area contributed by atoms with Gasteiger partial charge in [-0.15, -0.1) is 0 Å². The second-order valence-corrected chi connectivity index (χ2v) is 5.34. The Kier molecular flexibility index (Phi) is 2.69. The van der Waals surface area contributed by atoms with Crippen LogP contribution in [0.4, 0.5) is 0 Å². The molecule has 1 N–H and O–H groups in total. The molecule has 1 aromatic carbocycles. The van der Waals surface area contributed by atoms with E-state index in [4.69, 9.17) is 0 Å². The van der Waals surface area contributed by atoms with E-state index in [2.05, 4.69) is 25.9 Å². The van der Waals surface area contributed by atoms with Crippen LogP contribution in [0.2, 0.25) is 0 Å². The van der Waals surface area contributed by atoms with Crippen LogP contribution in [-0.2, 0) is 5.41 Å². The first kappa shape index (κ1) is 11.7. The first-order chi connectivity index (χ1) is 7.91. The molecule has 3 nitrogen and oxygen atoms in total. The van der Waals surface area contributed by atoms with Gasteiger partial charge in [0, 0.05) is 11.3 Å². The quantitative estimate of drug-likeness (QED) is 0.803. The minimum Gasteiger partial charge on any atom is -0.295 e. The van der Waals surface area contributed by atoms with E-state index in [0.29, 0.717) is 0 Å². The Bertz CT molecular complexity index is 571. The van der Waals surface area contributed by atoms with E-state index in [1.54, 1.807) is 4.68 Å². The fourth-order valence-electron chi connectivity index (χ4n) is 2.19. The summed E-state index contributed by atoms with van der Waals surface area (Å²) in [6.07, 6.45) is 0. The van der Waals surface area contributed by atoms with Gasteiger partial charge in [-0.1, -0.05) is 39.0 Å². The van der Waals surface area contributed by atoms with Crippen molar-refractivity contribution in [1.82, 2.24) is 9.78 Å². The van der Waals surface area contributed by atoms with Crippen LogP contribution < -0.4 is 5.56 Å². The zero-order chi connectivity index (χ0) is 12.6. The minimum atomic E-state index is -0.141. The highest BCUT2D eigenvalue weighted by Gasteiger charge is 2.23. The molecular formula is C14H18N2O. The number of hydrogen-bond donors (Lipinski definition) is 1. The van der Waals surface area contributed by atoms with Crippen molar-refractivity contribution in [3.05, 3.63) is 51.9 Å². The molecule has 0 fully saturated rings. The normalized spacial score (nSPS) is 11.8. The van der Waals surface area contributed by atoms with Gasteiger partial charge in [0.05, 0.1) is 5.69 Å². The second kappa shape index (κ2) is 3.91. The van der Waals surface area contributed by atoms with Crippen LogP contribution in [-0.4, -0.2) is 9.78 Å². The Morgan fingerprint density at radius 1 is 1.12 bits per heavy atom. The van der Waals surface area contributed by atoms with Gasteiger partial charge in [0.1, 0.15) is 0 Å². The fraction of sp³-hybridized carbons (Fsp3) is 0.357. The smallest absolute Gasteiger partial charge is 0.275 e. The lowest BCUT2D eigenvalue weighted by atomic mass is 9.87. The molecule has 0 atom stereocenters. The molecule has 1 aromatic heterocycles. The summed E-state index contributed by atoms with van der Waals surface area (Å²) < 4.78 is 1.61. The monoisotopic (exact) mass is 230 g/mol. The maximum atomic E-state index is 12.4. The Balaban J connectivity index is 2.65. The molecule has 0 amide bonds. The molecule has 0 aliphatic heterocycles. The Labute approximate surface area is 101 Å². The zero-order valence-electron chi connectivity index (χ0n) is 10.7. The number of para-hydroxylation sites is 1. The summed E-state index contributed by atoms with van der Waals surface area (Å²) in [4.78, 5) is 12.4. The van der Waals surface area contributed by atoms with Crippen molar-refractivity contribution in [2.24, 2.45) is 0 Å². The molecule has 2 rings (SSSR count). The number of nitrogens with zero attached hydrogens (tertiary/aromatic N) is 1. The van der Waals surface area contributed by atoms with Gasteiger partial charge in [-0.2, -0.15) is 0 Å². The van der Waals surface area contributed by atoms with E-state index in [-0.39, 0.29) is 11.0 Å². The predicted molar refractivity (Wildman–Crippen MR) is 69.8 cm³/mol. The number of benzene rings is 1. The second-order valence-electron chi connectivity index (χ2n) is 5.34. The van der Waals surface area contributed by atoms with Crippen LogP contribution in [0.15, 0.2) is 35.1 Å². The molecule has 0 spiro atoms. The summed E-state index contributed by atoms with van der Waals surface area (Å²) in [5.74, 6) is 0. The molecule has 1 heterocycles. The van der Waals surface area contributed by atoms with Crippen molar-refractivity contribution in [2.45, 2.75) is 33.1 Å². The Morgan fingerprint density at radius 3 is 2.18 bits per heavy atom. The average Bonchev–Trinajstić information content (AvgIpc) is 2.54. The van der Waals surface area contributed by atoms with Gasteiger partial charge in [-0.25, -0.2) is 4.68 Å². The summed E-state index contributed by atoms with van der Waals surface area (Å²) >= 11 is 0. The van der Waals surface area contributed by atoms with Gasteiger partial charge in [0.2, 0.25) is 0 Å². The van der Waals surface area contributed by atoms with Crippen LogP contribution in [0.5, 0.6) is 0 Å². The number of aryl methyl sites for hydroxylation is 1. The van der Waals surface area contributed by atoms with Crippen LogP contribution in [0.3, 0.4) is 0 Å². The number of aromatic amines is 1. The Morgan fingerprint density at radius 2 is 1.71 bits per heavy atom. The van der Waals surface area contributed by atoms with E-state index in [9.17, 15) is 4.79 Å². The minimum absolute atomic E-state index is 0.0428. The lowest BCUT2D eigenvalue weighted by Gasteiger charge is -2.15. The molecule has 17 heavy (non-hydrogen) atoms. The predicted octanol–water partition coefficient (Wildman–Crippen LogP) is 2.77. The number of rotatable bonds is 1. The molecular weight excluding hydrogens is 212 g/mol. The van der Waals surface area contributed by atoms with Crippen molar-refractivity contribution >= 4 is 0 Å². The third-order valence-electron chi connectivity index (χ3n) is 2.84. The molecule has 90 valence electrons. The van der Waals surface area contributed by atoms with Crippen LogP contribution in [0, 0.1) is 6.92 Å². The molecule has 0 saturated heterocycles. The lowest BCUT2D eigenvalue weighted by molar-refractivity contribution is 0.581. The summed E-state index contributed by atoms with van der Waals surface area (Å²) in [7, 11) is 0. The molecule has 0 radical (unpaired) electrons. The third-order valence-corrected chi connectivity index (χ3v) is 2.84. The lowest BCUT2D eigenvalue weighted by Crippen LogP contribution is -2.25. The first-order valence-electron chi connectivity index (χ1n) is 5.79. The molecule has 3 heteroatoms. The summed E-state index contributed by atoms with van der Waals surface area (Å²) in [5, 5.41) is 3.14. The van der Waals surface area contributed by atoms with Gasteiger partial charge >= 0.3 is 0 Å².